The van der Waals surface area contributed by atoms with Crippen molar-refractivity contribution >= 4 is 23.9 Å². The number of carbonyl (C=O) groups excluding carboxylic acids is 4. The van der Waals surface area contributed by atoms with Gasteiger partial charge in [-0.15, -0.1) is 0 Å². The zero-order valence-corrected chi connectivity index (χ0v) is 16.5. The Morgan fingerprint density at radius 1 is 1.00 bits per heavy atom. The number of ether oxygens (including phenoxy) is 2. The molecule has 0 saturated carbocycles. The topological polar surface area (TPSA) is 123 Å². The molecule has 0 bridgehead atoms. The van der Waals surface area contributed by atoms with E-state index in [4.69, 9.17) is 9.47 Å². The predicted octanol–water partition coefficient (Wildman–Crippen LogP) is 0.875. The summed E-state index contributed by atoms with van der Waals surface area (Å²) in [7, 11) is 0. The third-order valence-electron chi connectivity index (χ3n) is 3.22. The molecule has 0 aliphatic rings. The molecule has 3 N–H and O–H groups in total. The minimum Gasteiger partial charge on any atom is -0.460 e. The quantitative estimate of drug-likeness (QED) is 0.564. The van der Waals surface area contributed by atoms with Gasteiger partial charge in [0.15, 0.2) is 0 Å². The van der Waals surface area contributed by atoms with Crippen LogP contribution >= 0.6 is 0 Å². The summed E-state index contributed by atoms with van der Waals surface area (Å²) in [5.74, 6) is -1.72. The molecule has 9 heteroatoms. The van der Waals surface area contributed by atoms with E-state index in [1.807, 2.05) is 30.3 Å². The highest BCUT2D eigenvalue weighted by Gasteiger charge is 2.21. The highest BCUT2D eigenvalue weighted by atomic mass is 16.6. The number of alkyl carbamates (subject to hydrolysis) is 1. The molecule has 0 heterocycles. The van der Waals surface area contributed by atoms with Gasteiger partial charge >= 0.3 is 12.1 Å². The second kappa shape index (κ2) is 10.9. The van der Waals surface area contributed by atoms with Crippen molar-refractivity contribution in [2.75, 3.05) is 13.1 Å². The van der Waals surface area contributed by atoms with Crippen LogP contribution in [0.5, 0.6) is 0 Å². The van der Waals surface area contributed by atoms with E-state index < -0.39 is 35.5 Å². The fourth-order valence-electron chi connectivity index (χ4n) is 1.89. The van der Waals surface area contributed by atoms with Gasteiger partial charge in [-0.3, -0.25) is 14.4 Å². The van der Waals surface area contributed by atoms with Crippen LogP contribution in [0.15, 0.2) is 30.3 Å². The molecule has 0 spiro atoms. The maximum atomic E-state index is 11.9. The Bertz CT molecular complexity index is 685. The number of hydrogen-bond acceptors (Lipinski definition) is 6. The summed E-state index contributed by atoms with van der Waals surface area (Å²) in [6, 6.07) is 8.24. The van der Waals surface area contributed by atoms with Gasteiger partial charge in [0, 0.05) is 0 Å². The van der Waals surface area contributed by atoms with Gasteiger partial charge in [0.2, 0.25) is 11.8 Å². The first-order valence-corrected chi connectivity index (χ1v) is 8.80. The molecular formula is C19H27N3O6. The van der Waals surface area contributed by atoms with E-state index in [9.17, 15) is 19.2 Å². The molecule has 28 heavy (non-hydrogen) atoms. The largest absolute Gasteiger partial charge is 0.460 e. The van der Waals surface area contributed by atoms with Crippen molar-refractivity contribution in [3.63, 3.8) is 0 Å². The lowest BCUT2D eigenvalue weighted by Crippen LogP contribution is -2.48. The minimum atomic E-state index is -0.890. The van der Waals surface area contributed by atoms with Gasteiger partial charge in [-0.25, -0.2) is 4.79 Å². The van der Waals surface area contributed by atoms with Crippen LogP contribution < -0.4 is 16.0 Å². The number of benzene rings is 1. The van der Waals surface area contributed by atoms with E-state index in [1.54, 1.807) is 20.8 Å². The monoisotopic (exact) mass is 393 g/mol. The fraction of sp³-hybridized carbons (Fsp3) is 0.474. The molecule has 0 aliphatic carbocycles. The van der Waals surface area contributed by atoms with Crippen molar-refractivity contribution in [2.24, 2.45) is 0 Å². The van der Waals surface area contributed by atoms with E-state index >= 15 is 0 Å². The zero-order valence-electron chi connectivity index (χ0n) is 16.5. The van der Waals surface area contributed by atoms with Crippen LogP contribution in [0.25, 0.3) is 0 Å². The maximum Gasteiger partial charge on any atom is 0.408 e. The standard InChI is InChI=1S/C19H27N3O6/c1-13(22-18(26)28-19(2,3)4)17(25)21-10-15(23)20-11-16(24)27-12-14-8-6-5-7-9-14/h5-9,13H,10-12H2,1-4H3,(H,20,23)(H,21,25)(H,22,26)/t13-/m0/s1. The van der Waals surface area contributed by atoms with Gasteiger partial charge in [-0.1, -0.05) is 30.3 Å². The lowest BCUT2D eigenvalue weighted by molar-refractivity contribution is -0.145. The highest BCUT2D eigenvalue weighted by Crippen LogP contribution is 2.06. The SMILES string of the molecule is C[C@H](NC(=O)OC(C)(C)C)C(=O)NCC(=O)NCC(=O)OCc1ccccc1. The highest BCUT2D eigenvalue weighted by molar-refractivity contribution is 5.90. The minimum absolute atomic E-state index is 0.111. The molecule has 0 unspecified atom stereocenters. The Morgan fingerprint density at radius 3 is 2.25 bits per heavy atom. The Balaban J connectivity index is 2.23. The molecule has 1 aromatic rings. The molecule has 0 radical (unpaired) electrons. The van der Waals surface area contributed by atoms with Gasteiger partial charge in [0.25, 0.3) is 0 Å². The number of carbonyl (C=O) groups is 4. The van der Waals surface area contributed by atoms with E-state index in [0.717, 1.165) is 5.56 Å². The van der Waals surface area contributed by atoms with Crippen LogP contribution in [0.1, 0.15) is 33.3 Å². The molecule has 0 aromatic heterocycles. The van der Waals surface area contributed by atoms with E-state index in [2.05, 4.69) is 16.0 Å². The normalized spacial score (nSPS) is 11.7. The van der Waals surface area contributed by atoms with Crippen molar-refractivity contribution in [3.8, 4) is 0 Å². The van der Waals surface area contributed by atoms with Gasteiger partial charge < -0.3 is 25.4 Å². The second-order valence-electron chi connectivity index (χ2n) is 7.01. The second-order valence-corrected chi connectivity index (χ2v) is 7.01. The number of hydrogen-bond donors (Lipinski definition) is 3. The van der Waals surface area contributed by atoms with Gasteiger partial charge in [0.05, 0.1) is 6.54 Å². The average Bonchev–Trinajstić information content (AvgIpc) is 2.61. The van der Waals surface area contributed by atoms with E-state index in [0.29, 0.717) is 0 Å². The third-order valence-corrected chi connectivity index (χ3v) is 3.22. The summed E-state index contributed by atoms with van der Waals surface area (Å²) in [5, 5.41) is 7.07. The first kappa shape index (κ1) is 22.9. The smallest absolute Gasteiger partial charge is 0.408 e. The van der Waals surface area contributed by atoms with E-state index in [1.165, 1.54) is 6.92 Å². The number of esters is 1. The molecular weight excluding hydrogens is 366 g/mol. The molecule has 0 saturated heterocycles. The van der Waals surface area contributed by atoms with Crippen LogP contribution in [0.4, 0.5) is 4.79 Å². The number of nitrogens with one attached hydrogen (secondary N) is 3. The number of rotatable bonds is 8. The summed E-state index contributed by atoms with van der Waals surface area (Å²) in [6.45, 7) is 6.02. The molecule has 1 aromatic carbocycles. The average molecular weight is 393 g/mol. The van der Waals surface area contributed by atoms with Crippen LogP contribution in [0.3, 0.4) is 0 Å². The number of amides is 3. The molecule has 154 valence electrons. The van der Waals surface area contributed by atoms with Crippen molar-refractivity contribution in [3.05, 3.63) is 35.9 Å². The summed E-state index contributed by atoms with van der Waals surface area (Å²) < 4.78 is 10.1. The lowest BCUT2D eigenvalue weighted by atomic mass is 10.2. The van der Waals surface area contributed by atoms with Crippen LogP contribution in [-0.4, -0.2) is 48.6 Å². The van der Waals surface area contributed by atoms with Crippen molar-refractivity contribution in [2.45, 2.75) is 45.9 Å². The molecule has 0 fully saturated rings. The van der Waals surface area contributed by atoms with Crippen molar-refractivity contribution in [1.82, 2.24) is 16.0 Å². The molecule has 1 atom stereocenters. The maximum absolute atomic E-state index is 11.9. The lowest BCUT2D eigenvalue weighted by Gasteiger charge is -2.21. The first-order valence-electron chi connectivity index (χ1n) is 8.80. The Labute approximate surface area is 164 Å². The third kappa shape index (κ3) is 10.1. The van der Waals surface area contributed by atoms with Crippen LogP contribution in [-0.2, 0) is 30.5 Å². The van der Waals surface area contributed by atoms with Crippen LogP contribution in [0, 0.1) is 0 Å². The van der Waals surface area contributed by atoms with Gasteiger partial charge in [-0.2, -0.15) is 0 Å². The fourth-order valence-corrected chi connectivity index (χ4v) is 1.89. The zero-order chi connectivity index (χ0) is 21.2. The first-order chi connectivity index (χ1) is 13.1. The predicted molar refractivity (Wildman–Crippen MR) is 101 cm³/mol. The van der Waals surface area contributed by atoms with E-state index in [-0.39, 0.29) is 19.7 Å². The Hall–Kier alpha value is -3.10. The Kier molecular flexibility index (Phi) is 8.94. The molecule has 9 nitrogen and oxygen atoms in total. The summed E-state index contributed by atoms with van der Waals surface area (Å²) >= 11 is 0. The molecule has 1 rings (SSSR count). The van der Waals surface area contributed by atoms with Crippen LogP contribution in [0.2, 0.25) is 0 Å². The van der Waals surface area contributed by atoms with Gasteiger partial charge in [-0.05, 0) is 33.3 Å². The summed E-state index contributed by atoms with van der Waals surface area (Å²) in [6.07, 6.45) is -0.735. The Morgan fingerprint density at radius 2 is 1.64 bits per heavy atom. The summed E-state index contributed by atoms with van der Waals surface area (Å²) in [5.41, 5.74) is 0.149. The molecule has 0 aliphatic heterocycles. The molecule has 3 amide bonds. The van der Waals surface area contributed by atoms with Gasteiger partial charge in [0.1, 0.15) is 24.8 Å². The summed E-state index contributed by atoms with van der Waals surface area (Å²) in [4.78, 5) is 46.8. The van der Waals surface area contributed by atoms with Crippen molar-refractivity contribution in [1.29, 1.82) is 0 Å². The van der Waals surface area contributed by atoms with Crippen molar-refractivity contribution < 1.29 is 28.7 Å².